The molecule has 1 atom stereocenters. The number of nitrogens with zero attached hydrogens (tertiary/aromatic N) is 3. The summed E-state index contributed by atoms with van der Waals surface area (Å²) < 4.78 is 12.7. The van der Waals surface area contributed by atoms with Gasteiger partial charge in [0.2, 0.25) is 5.16 Å². The maximum atomic E-state index is 11.1. The lowest BCUT2D eigenvalue weighted by Gasteiger charge is -2.21. The summed E-state index contributed by atoms with van der Waals surface area (Å²) in [4.78, 5) is 3.93. The summed E-state index contributed by atoms with van der Waals surface area (Å²) in [5, 5.41) is 14.5. The Morgan fingerprint density at radius 1 is 1.60 bits per heavy atom. The van der Waals surface area contributed by atoms with E-state index < -0.39 is 16.4 Å². The Balaban J connectivity index is 2.07. The minimum absolute atomic E-state index is 0.330. The first kappa shape index (κ1) is 10.8. The van der Waals surface area contributed by atoms with Gasteiger partial charge in [0.15, 0.2) is 0 Å². The fraction of sp³-hybridized carbons (Fsp3) is 0.778. The van der Waals surface area contributed by atoms with Crippen molar-refractivity contribution in [2.75, 3.05) is 6.26 Å². The molecule has 2 rings (SSSR count). The van der Waals surface area contributed by atoms with E-state index in [1.807, 2.05) is 0 Å². The second-order valence-electron chi connectivity index (χ2n) is 4.11. The van der Waals surface area contributed by atoms with Crippen molar-refractivity contribution in [3.63, 3.8) is 0 Å². The normalized spacial score (nSPS) is 21.7. The van der Waals surface area contributed by atoms with Crippen molar-refractivity contribution in [2.45, 2.75) is 43.0 Å². The van der Waals surface area contributed by atoms with Gasteiger partial charge < -0.3 is 5.11 Å². The summed E-state index contributed by atoms with van der Waals surface area (Å²) >= 11 is 0. The molecule has 6 heteroatoms. The summed E-state index contributed by atoms with van der Waals surface area (Å²) in [6.45, 7) is 0.456. The fourth-order valence-corrected chi connectivity index (χ4v) is 2.39. The second kappa shape index (κ2) is 4.02. The molecule has 1 aromatic rings. The highest BCUT2D eigenvalue weighted by molar-refractivity contribution is 7.84. The molecule has 84 valence electrons. The zero-order valence-corrected chi connectivity index (χ0v) is 9.53. The molecule has 1 aromatic heterocycles. The van der Waals surface area contributed by atoms with Crippen molar-refractivity contribution in [3.05, 3.63) is 6.33 Å². The van der Waals surface area contributed by atoms with E-state index in [0.717, 1.165) is 25.7 Å². The molecule has 1 fully saturated rings. The number of aliphatic hydroxyl groups is 1. The molecule has 0 spiro atoms. The zero-order valence-electron chi connectivity index (χ0n) is 8.72. The van der Waals surface area contributed by atoms with Crippen LogP contribution in [0.25, 0.3) is 0 Å². The minimum atomic E-state index is -1.15. The Hall–Kier alpha value is -0.750. The average molecular weight is 229 g/mol. The van der Waals surface area contributed by atoms with Gasteiger partial charge in [-0.25, -0.2) is 9.67 Å². The molecule has 0 aliphatic heterocycles. The molecule has 0 aromatic carbocycles. The van der Waals surface area contributed by atoms with E-state index in [1.165, 1.54) is 6.33 Å². The van der Waals surface area contributed by atoms with Gasteiger partial charge in [0.1, 0.15) is 6.33 Å². The van der Waals surface area contributed by atoms with Crippen molar-refractivity contribution in [1.82, 2.24) is 14.8 Å². The third kappa shape index (κ3) is 2.43. The van der Waals surface area contributed by atoms with E-state index in [2.05, 4.69) is 10.1 Å². The van der Waals surface area contributed by atoms with Gasteiger partial charge in [0, 0.05) is 6.26 Å². The highest BCUT2D eigenvalue weighted by atomic mass is 32.2. The zero-order chi connectivity index (χ0) is 10.9. The molecule has 0 bridgehead atoms. The Kier molecular flexibility index (Phi) is 2.88. The Morgan fingerprint density at radius 3 is 2.80 bits per heavy atom. The second-order valence-corrected chi connectivity index (χ2v) is 5.38. The van der Waals surface area contributed by atoms with E-state index in [4.69, 9.17) is 0 Å². The van der Waals surface area contributed by atoms with Crippen LogP contribution in [0, 0.1) is 0 Å². The van der Waals surface area contributed by atoms with E-state index in [0.29, 0.717) is 11.7 Å². The maximum Gasteiger partial charge on any atom is 0.238 e. The molecule has 1 heterocycles. The van der Waals surface area contributed by atoms with E-state index >= 15 is 0 Å². The smallest absolute Gasteiger partial charge is 0.238 e. The molecule has 0 saturated heterocycles. The summed E-state index contributed by atoms with van der Waals surface area (Å²) in [5.41, 5.74) is -0.639. The third-order valence-corrected chi connectivity index (χ3v) is 3.46. The number of rotatable bonds is 3. The highest BCUT2D eigenvalue weighted by Crippen LogP contribution is 2.30. The van der Waals surface area contributed by atoms with E-state index in [1.54, 1.807) is 10.9 Å². The molecule has 1 unspecified atom stereocenters. The molecule has 1 saturated carbocycles. The van der Waals surface area contributed by atoms with Crippen LogP contribution in [-0.2, 0) is 17.3 Å². The van der Waals surface area contributed by atoms with Crippen LogP contribution < -0.4 is 0 Å². The Labute approximate surface area is 91.0 Å². The fourth-order valence-electron chi connectivity index (χ4n) is 1.98. The molecule has 5 nitrogen and oxygen atoms in total. The van der Waals surface area contributed by atoms with Crippen molar-refractivity contribution in [2.24, 2.45) is 0 Å². The van der Waals surface area contributed by atoms with Gasteiger partial charge in [0.25, 0.3) is 0 Å². The van der Waals surface area contributed by atoms with E-state index in [9.17, 15) is 9.32 Å². The van der Waals surface area contributed by atoms with Crippen LogP contribution in [0.5, 0.6) is 0 Å². The first-order valence-corrected chi connectivity index (χ1v) is 6.60. The van der Waals surface area contributed by atoms with Gasteiger partial charge in [0.05, 0.1) is 22.9 Å². The SMILES string of the molecule is CS(=O)c1ncn(CC2(O)CCCC2)n1. The largest absolute Gasteiger partial charge is 0.388 e. The quantitative estimate of drug-likeness (QED) is 0.810. The van der Waals surface area contributed by atoms with Gasteiger partial charge in [-0.05, 0) is 12.8 Å². The first-order valence-electron chi connectivity index (χ1n) is 5.04. The van der Waals surface area contributed by atoms with Crippen LogP contribution in [0.2, 0.25) is 0 Å². The Bertz CT molecular complexity index is 371. The minimum Gasteiger partial charge on any atom is -0.388 e. The molecule has 15 heavy (non-hydrogen) atoms. The van der Waals surface area contributed by atoms with Crippen molar-refractivity contribution in [1.29, 1.82) is 0 Å². The van der Waals surface area contributed by atoms with Gasteiger partial charge in [-0.15, -0.1) is 5.10 Å². The first-order chi connectivity index (χ1) is 7.09. The Morgan fingerprint density at radius 2 is 2.27 bits per heavy atom. The van der Waals surface area contributed by atoms with Gasteiger partial charge >= 0.3 is 0 Å². The average Bonchev–Trinajstić information content (AvgIpc) is 2.75. The van der Waals surface area contributed by atoms with Gasteiger partial charge in [-0.3, -0.25) is 4.21 Å². The lowest BCUT2D eigenvalue weighted by Crippen LogP contribution is -2.30. The van der Waals surface area contributed by atoms with Crippen LogP contribution >= 0.6 is 0 Å². The number of hydrogen-bond donors (Lipinski definition) is 1. The van der Waals surface area contributed by atoms with Gasteiger partial charge in [-0.2, -0.15) is 0 Å². The maximum absolute atomic E-state index is 11.1. The predicted molar refractivity (Wildman–Crippen MR) is 55.8 cm³/mol. The standard InChI is InChI=1S/C9H15N3O2S/c1-15(14)8-10-7-12(11-8)6-9(13)4-2-3-5-9/h7,13H,2-6H2,1H3. The lowest BCUT2D eigenvalue weighted by atomic mass is 10.0. The van der Waals surface area contributed by atoms with Crippen LogP contribution in [0.15, 0.2) is 11.5 Å². The highest BCUT2D eigenvalue weighted by Gasteiger charge is 2.31. The van der Waals surface area contributed by atoms with Crippen molar-refractivity contribution in [3.8, 4) is 0 Å². The summed E-state index contributed by atoms with van der Waals surface area (Å²) in [5.74, 6) is 0. The third-order valence-electron chi connectivity index (χ3n) is 2.76. The summed E-state index contributed by atoms with van der Waals surface area (Å²) in [7, 11) is -1.15. The lowest BCUT2D eigenvalue weighted by molar-refractivity contribution is 0.0261. The van der Waals surface area contributed by atoms with E-state index in [-0.39, 0.29) is 0 Å². The van der Waals surface area contributed by atoms with Gasteiger partial charge in [-0.1, -0.05) is 12.8 Å². The van der Waals surface area contributed by atoms with Crippen molar-refractivity contribution >= 4 is 10.8 Å². The molecular weight excluding hydrogens is 214 g/mol. The molecule has 1 aliphatic carbocycles. The van der Waals surface area contributed by atoms with Crippen LogP contribution in [0.4, 0.5) is 0 Å². The summed E-state index contributed by atoms with van der Waals surface area (Å²) in [6.07, 6.45) is 6.85. The number of aromatic nitrogens is 3. The van der Waals surface area contributed by atoms with Crippen molar-refractivity contribution < 1.29 is 9.32 Å². The molecule has 1 N–H and O–H groups in total. The summed E-state index contributed by atoms with van der Waals surface area (Å²) in [6, 6.07) is 0. The molecule has 1 aliphatic rings. The topological polar surface area (TPSA) is 68.0 Å². The predicted octanol–water partition coefficient (Wildman–Crippen LogP) is 0.321. The van der Waals surface area contributed by atoms with Crippen LogP contribution in [-0.4, -0.2) is 35.9 Å². The molecule has 0 radical (unpaired) electrons. The van der Waals surface area contributed by atoms with Crippen LogP contribution in [0.1, 0.15) is 25.7 Å². The molecule has 0 amide bonds. The molecular formula is C9H15N3O2S. The number of hydrogen-bond acceptors (Lipinski definition) is 4. The monoisotopic (exact) mass is 229 g/mol. The van der Waals surface area contributed by atoms with Crippen LogP contribution in [0.3, 0.4) is 0 Å².